The molecule has 1 aliphatic carbocycles. The van der Waals surface area contributed by atoms with Gasteiger partial charge in [0.1, 0.15) is 0 Å². The molecule has 0 bridgehead atoms. The Bertz CT molecular complexity index is 557. The van der Waals surface area contributed by atoms with Crippen LogP contribution in [0.3, 0.4) is 0 Å². The lowest BCUT2D eigenvalue weighted by atomic mass is 9.81. The smallest absolute Gasteiger partial charge is 0.242 e. The van der Waals surface area contributed by atoms with E-state index in [4.69, 9.17) is 5.73 Å². The van der Waals surface area contributed by atoms with Gasteiger partial charge in [-0.3, -0.25) is 0 Å². The molecule has 0 atom stereocenters. The number of nitrogens with zero attached hydrogens (tertiary/aromatic N) is 1. The third-order valence-corrected chi connectivity index (χ3v) is 6.01. The van der Waals surface area contributed by atoms with Crippen molar-refractivity contribution in [3.05, 3.63) is 18.0 Å². The Morgan fingerprint density at radius 2 is 2.00 bits per heavy atom. The van der Waals surface area contributed by atoms with Gasteiger partial charge in [-0.1, -0.05) is 32.6 Å². The molecule has 1 aliphatic rings. The second kappa shape index (κ2) is 6.94. The summed E-state index contributed by atoms with van der Waals surface area (Å²) in [5, 5.41) is 0. The first-order chi connectivity index (χ1) is 9.92. The molecule has 2 rings (SSSR count). The van der Waals surface area contributed by atoms with E-state index in [1.807, 2.05) is 7.05 Å². The van der Waals surface area contributed by atoms with Crippen molar-refractivity contribution in [2.24, 2.45) is 24.6 Å². The molecule has 5 nitrogen and oxygen atoms in total. The van der Waals surface area contributed by atoms with Crippen molar-refractivity contribution in [2.45, 2.75) is 50.5 Å². The average molecular weight is 313 g/mol. The fourth-order valence-electron chi connectivity index (χ4n) is 3.03. The summed E-state index contributed by atoms with van der Waals surface area (Å²) < 4.78 is 29.0. The molecule has 21 heavy (non-hydrogen) atoms. The first-order valence-electron chi connectivity index (χ1n) is 7.77. The lowest BCUT2D eigenvalue weighted by Crippen LogP contribution is -2.27. The van der Waals surface area contributed by atoms with Gasteiger partial charge in [0.15, 0.2) is 0 Å². The highest BCUT2D eigenvalue weighted by Crippen LogP contribution is 2.30. The van der Waals surface area contributed by atoms with E-state index >= 15 is 0 Å². The van der Waals surface area contributed by atoms with Crippen LogP contribution in [0.1, 0.15) is 44.7 Å². The first kappa shape index (κ1) is 16.5. The number of nitrogens with two attached hydrogens (primary N) is 1. The summed E-state index contributed by atoms with van der Waals surface area (Å²) in [5.41, 5.74) is 6.40. The molecule has 1 heterocycles. The van der Waals surface area contributed by atoms with Crippen molar-refractivity contribution in [1.29, 1.82) is 0 Å². The number of hydrogen-bond donors (Lipinski definition) is 2. The van der Waals surface area contributed by atoms with Crippen molar-refractivity contribution in [3.63, 3.8) is 0 Å². The van der Waals surface area contributed by atoms with E-state index in [0.29, 0.717) is 23.9 Å². The van der Waals surface area contributed by atoms with Gasteiger partial charge in [0.25, 0.3) is 0 Å². The van der Waals surface area contributed by atoms with Crippen LogP contribution in [0.25, 0.3) is 0 Å². The van der Waals surface area contributed by atoms with Gasteiger partial charge >= 0.3 is 0 Å². The van der Waals surface area contributed by atoms with Crippen LogP contribution in [0, 0.1) is 11.8 Å². The van der Waals surface area contributed by atoms with Gasteiger partial charge in [-0.25, -0.2) is 13.1 Å². The van der Waals surface area contributed by atoms with Gasteiger partial charge in [-0.15, -0.1) is 0 Å². The van der Waals surface area contributed by atoms with Crippen LogP contribution in [-0.4, -0.2) is 19.5 Å². The Kier molecular flexibility index (Phi) is 5.46. The predicted molar refractivity (Wildman–Crippen MR) is 84.2 cm³/mol. The molecule has 0 aromatic carbocycles. The minimum absolute atomic E-state index is 0.308. The van der Waals surface area contributed by atoms with E-state index in [9.17, 15) is 8.42 Å². The van der Waals surface area contributed by atoms with Crippen molar-refractivity contribution in [1.82, 2.24) is 9.29 Å². The normalized spacial score (nSPS) is 23.4. The Morgan fingerprint density at radius 3 is 2.57 bits per heavy atom. The van der Waals surface area contributed by atoms with Crippen molar-refractivity contribution in [2.75, 3.05) is 6.54 Å². The maximum atomic E-state index is 12.2. The Balaban J connectivity index is 1.86. The quantitative estimate of drug-likeness (QED) is 0.843. The standard InChI is InChI=1S/C15H27N3O2S/c1-12-3-5-13(6-4-12)7-8-17-21(19,20)15-9-14(10-16)18(2)11-15/h9,11-13,17H,3-8,10,16H2,1-2H3. The molecule has 3 N–H and O–H groups in total. The van der Waals surface area contributed by atoms with Crippen molar-refractivity contribution in [3.8, 4) is 0 Å². The highest BCUT2D eigenvalue weighted by molar-refractivity contribution is 7.89. The SMILES string of the molecule is CC1CCC(CCNS(=O)(=O)c2cc(CN)n(C)c2)CC1. The fraction of sp³-hybridized carbons (Fsp3) is 0.733. The first-order valence-corrected chi connectivity index (χ1v) is 9.25. The summed E-state index contributed by atoms with van der Waals surface area (Å²) in [4.78, 5) is 0.308. The van der Waals surface area contributed by atoms with E-state index in [2.05, 4.69) is 11.6 Å². The number of aromatic nitrogens is 1. The van der Waals surface area contributed by atoms with Crippen LogP contribution < -0.4 is 10.5 Å². The monoisotopic (exact) mass is 313 g/mol. The van der Waals surface area contributed by atoms with Gasteiger partial charge in [0.2, 0.25) is 10.0 Å². The average Bonchev–Trinajstić information content (AvgIpc) is 2.83. The fourth-order valence-corrected chi connectivity index (χ4v) is 4.17. The second-order valence-corrected chi connectivity index (χ2v) is 8.06. The van der Waals surface area contributed by atoms with Crippen LogP contribution in [0.4, 0.5) is 0 Å². The van der Waals surface area contributed by atoms with E-state index in [1.165, 1.54) is 25.7 Å². The predicted octanol–water partition coefficient (Wildman–Crippen LogP) is 1.98. The number of nitrogens with one attached hydrogen (secondary N) is 1. The van der Waals surface area contributed by atoms with Gasteiger partial charge < -0.3 is 10.3 Å². The van der Waals surface area contributed by atoms with E-state index in [0.717, 1.165) is 18.0 Å². The molecule has 1 fully saturated rings. The molecule has 0 spiro atoms. The molecule has 0 saturated heterocycles. The summed E-state index contributed by atoms with van der Waals surface area (Å²) in [7, 11) is -1.60. The van der Waals surface area contributed by atoms with E-state index in [-0.39, 0.29) is 0 Å². The third-order valence-electron chi connectivity index (χ3n) is 4.58. The Labute approximate surface area is 128 Å². The van der Waals surface area contributed by atoms with Crippen molar-refractivity contribution >= 4 is 10.0 Å². The zero-order chi connectivity index (χ0) is 15.5. The van der Waals surface area contributed by atoms with Crippen molar-refractivity contribution < 1.29 is 8.42 Å². The number of sulfonamides is 1. The topological polar surface area (TPSA) is 77.1 Å². The molecule has 0 radical (unpaired) electrons. The zero-order valence-electron chi connectivity index (χ0n) is 13.0. The zero-order valence-corrected chi connectivity index (χ0v) is 13.8. The van der Waals surface area contributed by atoms with Gasteiger partial charge in [-0.2, -0.15) is 0 Å². The van der Waals surface area contributed by atoms with Gasteiger partial charge in [-0.05, 0) is 24.3 Å². The lowest BCUT2D eigenvalue weighted by molar-refractivity contribution is 0.278. The van der Waals surface area contributed by atoms with E-state index in [1.54, 1.807) is 16.8 Å². The third kappa shape index (κ3) is 4.31. The number of rotatable bonds is 6. The highest BCUT2D eigenvalue weighted by atomic mass is 32.2. The second-order valence-electron chi connectivity index (χ2n) is 6.29. The van der Waals surface area contributed by atoms with Gasteiger partial charge in [0, 0.05) is 32.0 Å². The highest BCUT2D eigenvalue weighted by Gasteiger charge is 2.20. The maximum Gasteiger partial charge on any atom is 0.242 e. The molecule has 1 aromatic heterocycles. The minimum Gasteiger partial charge on any atom is -0.352 e. The molecule has 0 aliphatic heterocycles. The van der Waals surface area contributed by atoms with E-state index < -0.39 is 10.0 Å². The van der Waals surface area contributed by atoms with Crippen LogP contribution in [0.2, 0.25) is 0 Å². The van der Waals surface area contributed by atoms with Crippen LogP contribution in [0.15, 0.2) is 17.2 Å². The molecule has 1 saturated carbocycles. The number of aryl methyl sites for hydroxylation is 1. The molecular formula is C15H27N3O2S. The maximum absolute atomic E-state index is 12.2. The largest absolute Gasteiger partial charge is 0.352 e. The Morgan fingerprint density at radius 1 is 1.33 bits per heavy atom. The minimum atomic E-state index is -3.41. The summed E-state index contributed by atoms with van der Waals surface area (Å²) in [6.07, 6.45) is 7.55. The summed E-state index contributed by atoms with van der Waals surface area (Å²) in [5.74, 6) is 1.50. The molecule has 1 aromatic rings. The van der Waals surface area contributed by atoms with Crippen LogP contribution in [0.5, 0.6) is 0 Å². The summed E-state index contributed by atoms with van der Waals surface area (Å²) in [6, 6.07) is 1.64. The molecule has 0 amide bonds. The Hall–Kier alpha value is -0.850. The molecular weight excluding hydrogens is 286 g/mol. The number of hydrogen-bond acceptors (Lipinski definition) is 3. The lowest BCUT2D eigenvalue weighted by Gasteiger charge is -2.26. The van der Waals surface area contributed by atoms with Crippen LogP contribution >= 0.6 is 0 Å². The summed E-state index contributed by atoms with van der Waals surface area (Å²) >= 11 is 0. The molecule has 6 heteroatoms. The molecule has 120 valence electrons. The molecule has 0 unspecified atom stereocenters. The van der Waals surface area contributed by atoms with Gasteiger partial charge in [0.05, 0.1) is 4.90 Å². The van der Waals surface area contributed by atoms with Crippen LogP contribution in [-0.2, 0) is 23.6 Å². The summed E-state index contributed by atoms with van der Waals surface area (Å²) in [6.45, 7) is 3.16.